The van der Waals surface area contributed by atoms with E-state index in [0.29, 0.717) is 6.54 Å². The van der Waals surface area contributed by atoms with E-state index in [-0.39, 0.29) is 12.5 Å². The van der Waals surface area contributed by atoms with Gasteiger partial charge >= 0.3 is 6.18 Å². The molecule has 0 aliphatic heterocycles. The predicted molar refractivity (Wildman–Crippen MR) is 43.0 cm³/mol. The molecule has 0 aromatic carbocycles. The molecule has 5 heteroatoms. The number of nitrogens with zero attached hydrogens (tertiary/aromatic N) is 2. The molecule has 0 heterocycles. The average molecular weight is 194 g/mol. The van der Waals surface area contributed by atoms with Gasteiger partial charge in [0.2, 0.25) is 0 Å². The minimum Gasteiger partial charge on any atom is -0.292 e. The van der Waals surface area contributed by atoms with E-state index in [2.05, 4.69) is 0 Å². The molecule has 2 nitrogen and oxygen atoms in total. The summed E-state index contributed by atoms with van der Waals surface area (Å²) < 4.78 is 35.9. The van der Waals surface area contributed by atoms with E-state index in [1.807, 2.05) is 6.07 Å². The minimum absolute atomic E-state index is 0.129. The van der Waals surface area contributed by atoms with Gasteiger partial charge in [0.25, 0.3) is 0 Å². The Balaban J connectivity index is 4.11. The van der Waals surface area contributed by atoms with Crippen LogP contribution in [0, 0.1) is 11.3 Å². The normalized spacial score (nSPS) is 14.2. The summed E-state index contributed by atoms with van der Waals surface area (Å²) in [6.07, 6.45) is -4.05. The lowest BCUT2D eigenvalue weighted by molar-refractivity contribution is -0.149. The summed E-state index contributed by atoms with van der Waals surface area (Å²) in [7, 11) is 0. The van der Waals surface area contributed by atoms with Crippen LogP contribution in [0.1, 0.15) is 20.3 Å². The lowest BCUT2D eigenvalue weighted by atomic mass is 10.2. The van der Waals surface area contributed by atoms with Crippen molar-refractivity contribution in [2.75, 3.05) is 13.1 Å². The van der Waals surface area contributed by atoms with Gasteiger partial charge in [-0.2, -0.15) is 18.4 Å². The van der Waals surface area contributed by atoms with Gasteiger partial charge in [0.15, 0.2) is 0 Å². The third-order valence-electron chi connectivity index (χ3n) is 1.80. The van der Waals surface area contributed by atoms with Crippen LogP contribution in [0.25, 0.3) is 0 Å². The van der Waals surface area contributed by atoms with Gasteiger partial charge in [-0.25, -0.2) is 0 Å². The number of hydrogen-bond acceptors (Lipinski definition) is 2. The summed E-state index contributed by atoms with van der Waals surface area (Å²) >= 11 is 0. The highest BCUT2D eigenvalue weighted by Crippen LogP contribution is 2.18. The van der Waals surface area contributed by atoms with Crippen molar-refractivity contribution in [3.05, 3.63) is 0 Å². The molecule has 0 aromatic heterocycles. The first-order valence-electron chi connectivity index (χ1n) is 4.08. The fourth-order valence-electron chi connectivity index (χ4n) is 1.07. The molecular formula is C8H13F3N2. The highest BCUT2D eigenvalue weighted by atomic mass is 19.4. The Hall–Kier alpha value is -0.760. The summed E-state index contributed by atoms with van der Waals surface area (Å²) in [4.78, 5) is 1.24. The van der Waals surface area contributed by atoms with Crippen molar-refractivity contribution in [2.45, 2.75) is 32.5 Å². The Morgan fingerprint density at radius 3 is 2.31 bits per heavy atom. The van der Waals surface area contributed by atoms with Crippen LogP contribution in [-0.2, 0) is 0 Å². The van der Waals surface area contributed by atoms with Crippen molar-refractivity contribution in [3.8, 4) is 6.07 Å². The second kappa shape index (κ2) is 5.07. The lowest BCUT2D eigenvalue weighted by Gasteiger charge is -2.26. The van der Waals surface area contributed by atoms with Crippen LogP contribution in [0.2, 0.25) is 0 Å². The van der Waals surface area contributed by atoms with Crippen LogP contribution < -0.4 is 0 Å². The number of nitriles is 1. The molecule has 0 saturated carbocycles. The minimum atomic E-state index is -4.18. The van der Waals surface area contributed by atoms with E-state index >= 15 is 0 Å². The van der Waals surface area contributed by atoms with Gasteiger partial charge in [-0.3, -0.25) is 4.90 Å². The Morgan fingerprint density at radius 1 is 1.46 bits per heavy atom. The Morgan fingerprint density at radius 2 is 2.00 bits per heavy atom. The highest BCUT2D eigenvalue weighted by Gasteiger charge is 2.31. The molecule has 0 amide bonds. The van der Waals surface area contributed by atoms with Gasteiger partial charge in [-0.05, 0) is 13.5 Å². The average Bonchev–Trinajstić information content (AvgIpc) is 1.99. The molecule has 0 rings (SSSR count). The third kappa shape index (κ3) is 5.47. The van der Waals surface area contributed by atoms with Gasteiger partial charge in [0.05, 0.1) is 19.0 Å². The number of rotatable bonds is 4. The maximum atomic E-state index is 12.0. The van der Waals surface area contributed by atoms with Gasteiger partial charge in [0, 0.05) is 6.04 Å². The molecule has 0 radical (unpaired) electrons. The molecule has 1 atom stereocenters. The largest absolute Gasteiger partial charge is 0.401 e. The smallest absolute Gasteiger partial charge is 0.292 e. The molecule has 1 unspecified atom stereocenters. The maximum absolute atomic E-state index is 12.0. The quantitative estimate of drug-likeness (QED) is 0.685. The van der Waals surface area contributed by atoms with Crippen LogP contribution in [0.3, 0.4) is 0 Å². The zero-order chi connectivity index (χ0) is 10.5. The first kappa shape index (κ1) is 12.2. The molecule has 0 N–H and O–H groups in total. The molecule has 0 aliphatic carbocycles. The molecule has 0 bridgehead atoms. The van der Waals surface area contributed by atoms with Crippen LogP contribution in [0.4, 0.5) is 13.2 Å². The van der Waals surface area contributed by atoms with Crippen LogP contribution >= 0.6 is 0 Å². The van der Waals surface area contributed by atoms with Crippen LogP contribution in [0.5, 0.6) is 0 Å². The maximum Gasteiger partial charge on any atom is 0.401 e. The first-order chi connectivity index (χ1) is 5.90. The Kier molecular flexibility index (Phi) is 4.78. The molecule has 0 aromatic rings. The zero-order valence-corrected chi connectivity index (χ0v) is 7.73. The van der Waals surface area contributed by atoms with E-state index < -0.39 is 12.7 Å². The van der Waals surface area contributed by atoms with Crippen molar-refractivity contribution in [1.29, 1.82) is 5.26 Å². The summed E-state index contributed by atoms with van der Waals surface area (Å²) in [6, 6.07) is 1.52. The van der Waals surface area contributed by atoms with Crippen molar-refractivity contribution < 1.29 is 13.2 Å². The lowest BCUT2D eigenvalue weighted by Crippen LogP contribution is -2.40. The third-order valence-corrected chi connectivity index (χ3v) is 1.80. The number of alkyl halides is 3. The standard InChI is InChI=1S/C8H13F3N2/c1-3-13(6-8(9,10)11)7(2)4-5-12/h7H,3-4,6H2,1-2H3. The first-order valence-corrected chi connectivity index (χ1v) is 4.08. The van der Waals surface area contributed by atoms with Crippen molar-refractivity contribution in [2.24, 2.45) is 0 Å². The number of hydrogen-bond donors (Lipinski definition) is 0. The second-order valence-corrected chi connectivity index (χ2v) is 2.89. The van der Waals surface area contributed by atoms with Crippen molar-refractivity contribution >= 4 is 0 Å². The van der Waals surface area contributed by atoms with Crippen molar-refractivity contribution in [1.82, 2.24) is 4.90 Å². The van der Waals surface area contributed by atoms with Crippen molar-refractivity contribution in [3.63, 3.8) is 0 Å². The summed E-state index contributed by atoms with van der Waals surface area (Å²) in [5, 5.41) is 8.32. The summed E-state index contributed by atoms with van der Waals surface area (Å²) in [5.41, 5.74) is 0. The van der Waals surface area contributed by atoms with Crippen LogP contribution in [-0.4, -0.2) is 30.2 Å². The molecule has 0 aliphatic rings. The van der Waals surface area contributed by atoms with E-state index in [1.54, 1.807) is 13.8 Å². The van der Waals surface area contributed by atoms with E-state index in [4.69, 9.17) is 5.26 Å². The predicted octanol–water partition coefficient (Wildman–Crippen LogP) is 2.17. The van der Waals surface area contributed by atoms with Gasteiger partial charge < -0.3 is 0 Å². The van der Waals surface area contributed by atoms with Crippen LogP contribution in [0.15, 0.2) is 0 Å². The molecule has 0 fully saturated rings. The van der Waals surface area contributed by atoms with Gasteiger partial charge in [-0.1, -0.05) is 6.92 Å². The summed E-state index contributed by atoms with van der Waals surface area (Å²) in [6.45, 7) is 2.65. The Bertz CT molecular complexity index is 183. The van der Waals surface area contributed by atoms with E-state index in [9.17, 15) is 13.2 Å². The second-order valence-electron chi connectivity index (χ2n) is 2.89. The Labute approximate surface area is 75.9 Å². The van der Waals surface area contributed by atoms with Gasteiger partial charge in [-0.15, -0.1) is 0 Å². The molecule has 0 spiro atoms. The topological polar surface area (TPSA) is 27.0 Å². The van der Waals surface area contributed by atoms with E-state index in [0.717, 1.165) is 0 Å². The number of halogens is 3. The van der Waals surface area contributed by atoms with E-state index in [1.165, 1.54) is 4.90 Å². The molecular weight excluding hydrogens is 181 g/mol. The zero-order valence-electron chi connectivity index (χ0n) is 7.73. The van der Waals surface area contributed by atoms with Gasteiger partial charge in [0.1, 0.15) is 0 Å². The highest BCUT2D eigenvalue weighted by molar-refractivity contribution is 4.80. The SMILES string of the molecule is CCN(CC(F)(F)F)C(C)CC#N. The fourth-order valence-corrected chi connectivity index (χ4v) is 1.07. The molecule has 76 valence electrons. The fraction of sp³-hybridized carbons (Fsp3) is 0.875. The molecule has 0 saturated heterocycles. The molecule has 13 heavy (non-hydrogen) atoms. The monoisotopic (exact) mass is 194 g/mol. The summed E-state index contributed by atoms with van der Waals surface area (Å²) in [5.74, 6) is 0.